The van der Waals surface area contributed by atoms with Gasteiger partial charge in [-0.05, 0) is 25.5 Å². The van der Waals surface area contributed by atoms with Crippen molar-refractivity contribution in [1.29, 1.82) is 0 Å². The van der Waals surface area contributed by atoms with E-state index in [2.05, 4.69) is 5.32 Å². The van der Waals surface area contributed by atoms with Gasteiger partial charge in [-0.2, -0.15) is 0 Å². The normalized spacial score (nSPS) is 25.3. The number of carbonyl (C=O) groups is 2. The summed E-state index contributed by atoms with van der Waals surface area (Å²) in [5, 5.41) is 13.1. The number of benzene rings is 1. The van der Waals surface area contributed by atoms with Gasteiger partial charge in [0.15, 0.2) is 11.6 Å². The van der Waals surface area contributed by atoms with Crippen LogP contribution in [-0.4, -0.2) is 29.2 Å². The molecule has 3 N–H and O–H groups in total. The Labute approximate surface area is 118 Å². The number of piperidine rings is 1. The van der Waals surface area contributed by atoms with Crippen LogP contribution in [0.4, 0.5) is 18.0 Å². The van der Waals surface area contributed by atoms with Crippen molar-refractivity contribution in [2.24, 2.45) is 0 Å². The third kappa shape index (κ3) is 2.93. The molecule has 1 aliphatic heterocycles. The third-order valence-corrected chi connectivity index (χ3v) is 3.53. The van der Waals surface area contributed by atoms with Crippen LogP contribution in [0.1, 0.15) is 24.8 Å². The maximum atomic E-state index is 13.8. The topological polar surface area (TPSA) is 78.4 Å². The van der Waals surface area contributed by atoms with Crippen LogP contribution in [0.2, 0.25) is 0 Å². The lowest BCUT2D eigenvalue weighted by atomic mass is 9.82. The SMILES string of the molecule is C[C@H]1NC(=O)C(NC(=O)O)C[C@H]1c1c(F)ccc(F)c1F. The van der Waals surface area contributed by atoms with Gasteiger partial charge >= 0.3 is 6.09 Å². The average Bonchev–Trinajstić information content (AvgIpc) is 2.39. The number of carboxylic acid groups (broad SMARTS) is 1. The number of nitrogens with one attached hydrogen (secondary N) is 2. The molecule has 0 aliphatic carbocycles. The van der Waals surface area contributed by atoms with Crippen LogP contribution in [0.15, 0.2) is 12.1 Å². The molecule has 1 aromatic carbocycles. The van der Waals surface area contributed by atoms with Gasteiger partial charge in [-0.3, -0.25) is 4.79 Å². The van der Waals surface area contributed by atoms with E-state index in [1.54, 1.807) is 0 Å². The predicted octanol–water partition coefficient (Wildman–Crippen LogP) is 1.73. The van der Waals surface area contributed by atoms with E-state index in [1.165, 1.54) is 6.92 Å². The number of carbonyl (C=O) groups excluding carboxylic acids is 1. The van der Waals surface area contributed by atoms with Gasteiger partial charge in [0.05, 0.1) is 0 Å². The molecule has 2 rings (SSSR count). The molecule has 0 spiro atoms. The monoisotopic (exact) mass is 302 g/mol. The van der Waals surface area contributed by atoms with Crippen LogP contribution in [0.25, 0.3) is 0 Å². The molecule has 0 aromatic heterocycles. The summed E-state index contributed by atoms with van der Waals surface area (Å²) in [6.07, 6.45) is -1.58. The lowest BCUT2D eigenvalue weighted by Crippen LogP contribution is -2.56. The summed E-state index contributed by atoms with van der Waals surface area (Å²) in [5.41, 5.74) is -0.486. The Kier molecular flexibility index (Phi) is 4.06. The molecule has 1 aliphatic rings. The fourth-order valence-corrected chi connectivity index (χ4v) is 2.51. The number of rotatable bonds is 2. The minimum absolute atomic E-state index is 0.156. The van der Waals surface area contributed by atoms with Gasteiger partial charge in [-0.1, -0.05) is 0 Å². The van der Waals surface area contributed by atoms with Crippen LogP contribution < -0.4 is 10.6 Å². The minimum Gasteiger partial charge on any atom is -0.465 e. The second-order valence-corrected chi connectivity index (χ2v) is 4.90. The van der Waals surface area contributed by atoms with Crippen LogP contribution in [0.3, 0.4) is 0 Å². The molecule has 3 atom stereocenters. The summed E-state index contributed by atoms with van der Waals surface area (Å²) in [6, 6.07) is -0.329. The number of amides is 2. The van der Waals surface area contributed by atoms with Crippen molar-refractivity contribution in [2.45, 2.75) is 31.3 Å². The molecule has 114 valence electrons. The first-order chi connectivity index (χ1) is 9.81. The van der Waals surface area contributed by atoms with Gasteiger partial charge in [-0.25, -0.2) is 18.0 Å². The Bertz CT molecular complexity index is 594. The van der Waals surface area contributed by atoms with Crippen LogP contribution in [0.5, 0.6) is 0 Å². The van der Waals surface area contributed by atoms with Gasteiger partial charge in [0.1, 0.15) is 11.9 Å². The summed E-state index contributed by atoms with van der Waals surface area (Å²) in [5.74, 6) is -4.92. The lowest BCUT2D eigenvalue weighted by molar-refractivity contribution is -0.125. The quantitative estimate of drug-likeness (QED) is 0.728. The van der Waals surface area contributed by atoms with Gasteiger partial charge in [0.2, 0.25) is 5.91 Å². The molecule has 1 saturated heterocycles. The third-order valence-electron chi connectivity index (χ3n) is 3.53. The second kappa shape index (κ2) is 5.63. The summed E-state index contributed by atoms with van der Waals surface area (Å²) >= 11 is 0. The van der Waals surface area contributed by atoms with E-state index in [1.807, 2.05) is 5.32 Å². The van der Waals surface area contributed by atoms with Crippen molar-refractivity contribution in [3.63, 3.8) is 0 Å². The van der Waals surface area contributed by atoms with Gasteiger partial charge in [-0.15, -0.1) is 0 Å². The molecule has 1 aromatic rings. The Hall–Kier alpha value is -2.25. The van der Waals surface area contributed by atoms with Gasteiger partial charge < -0.3 is 15.7 Å². The maximum Gasteiger partial charge on any atom is 0.405 e. The number of hydrogen-bond acceptors (Lipinski definition) is 2. The standard InChI is InChI=1S/C13H13F3N2O3/c1-5-6(4-9(12(19)17-5)18-13(20)21)10-7(14)2-3-8(15)11(10)16/h2-3,5-6,9,18H,4H2,1H3,(H,17,19)(H,20,21)/t5-,6-,9?/m1/s1. The van der Waals surface area contributed by atoms with E-state index >= 15 is 0 Å². The largest absolute Gasteiger partial charge is 0.465 e. The highest BCUT2D eigenvalue weighted by Gasteiger charge is 2.38. The Morgan fingerprint density at radius 2 is 1.95 bits per heavy atom. The fraction of sp³-hybridized carbons (Fsp3) is 0.385. The molecule has 0 bridgehead atoms. The van der Waals surface area contributed by atoms with E-state index in [0.29, 0.717) is 6.07 Å². The van der Waals surface area contributed by atoms with E-state index in [-0.39, 0.29) is 6.42 Å². The summed E-state index contributed by atoms with van der Waals surface area (Å²) < 4.78 is 40.9. The van der Waals surface area contributed by atoms with Crippen molar-refractivity contribution < 1.29 is 27.9 Å². The molecule has 1 unspecified atom stereocenters. The van der Waals surface area contributed by atoms with E-state index in [4.69, 9.17) is 5.11 Å². The highest BCUT2D eigenvalue weighted by molar-refractivity contribution is 5.86. The number of halogens is 3. The summed E-state index contributed by atoms with van der Waals surface area (Å²) in [4.78, 5) is 22.3. The molecule has 0 saturated carbocycles. The summed E-state index contributed by atoms with van der Waals surface area (Å²) in [7, 11) is 0. The first-order valence-electron chi connectivity index (χ1n) is 6.24. The predicted molar refractivity (Wildman–Crippen MR) is 66.2 cm³/mol. The second-order valence-electron chi connectivity index (χ2n) is 4.90. The molecular weight excluding hydrogens is 289 g/mol. The number of hydrogen-bond donors (Lipinski definition) is 3. The molecular formula is C13H13F3N2O3. The summed E-state index contributed by atoms with van der Waals surface area (Å²) in [6.45, 7) is 1.52. The molecule has 1 fully saturated rings. The smallest absolute Gasteiger partial charge is 0.405 e. The first kappa shape index (κ1) is 15.1. The van der Waals surface area contributed by atoms with Gasteiger partial charge in [0.25, 0.3) is 0 Å². The zero-order chi connectivity index (χ0) is 15.7. The highest BCUT2D eigenvalue weighted by Crippen LogP contribution is 2.33. The van der Waals surface area contributed by atoms with Crippen LogP contribution in [0, 0.1) is 17.5 Å². The Morgan fingerprint density at radius 1 is 1.33 bits per heavy atom. The zero-order valence-electron chi connectivity index (χ0n) is 11.0. The van der Waals surface area contributed by atoms with E-state index < -0.39 is 53.0 Å². The highest BCUT2D eigenvalue weighted by atomic mass is 19.2. The van der Waals surface area contributed by atoms with Crippen molar-refractivity contribution in [3.8, 4) is 0 Å². The molecule has 0 radical (unpaired) electrons. The molecule has 5 nitrogen and oxygen atoms in total. The minimum atomic E-state index is -1.43. The van der Waals surface area contributed by atoms with Crippen molar-refractivity contribution in [3.05, 3.63) is 35.1 Å². The van der Waals surface area contributed by atoms with Gasteiger partial charge in [0, 0.05) is 17.5 Å². The molecule has 8 heteroatoms. The Balaban J connectivity index is 2.36. The first-order valence-corrected chi connectivity index (χ1v) is 6.24. The van der Waals surface area contributed by atoms with E-state index in [0.717, 1.165) is 6.07 Å². The molecule has 21 heavy (non-hydrogen) atoms. The fourth-order valence-electron chi connectivity index (χ4n) is 2.51. The van der Waals surface area contributed by atoms with E-state index in [9.17, 15) is 22.8 Å². The zero-order valence-corrected chi connectivity index (χ0v) is 11.0. The Morgan fingerprint density at radius 3 is 2.57 bits per heavy atom. The van der Waals surface area contributed by atoms with Crippen molar-refractivity contribution in [2.75, 3.05) is 0 Å². The maximum absolute atomic E-state index is 13.8. The average molecular weight is 302 g/mol. The van der Waals surface area contributed by atoms with Crippen LogP contribution >= 0.6 is 0 Å². The molecule has 2 amide bonds. The van der Waals surface area contributed by atoms with Crippen molar-refractivity contribution in [1.82, 2.24) is 10.6 Å². The van der Waals surface area contributed by atoms with Crippen LogP contribution in [-0.2, 0) is 4.79 Å². The molecule has 1 heterocycles. The van der Waals surface area contributed by atoms with Crippen molar-refractivity contribution >= 4 is 12.0 Å². The lowest BCUT2D eigenvalue weighted by Gasteiger charge is -2.34.